The molecule has 2 aromatic rings. The highest BCUT2D eigenvalue weighted by Gasteiger charge is 2.11. The first-order valence-corrected chi connectivity index (χ1v) is 6.99. The van der Waals surface area contributed by atoms with Crippen molar-refractivity contribution in [3.05, 3.63) is 47.9 Å². The summed E-state index contributed by atoms with van der Waals surface area (Å²) >= 11 is 0. The molecule has 1 aliphatic rings. The number of nitrogens with zero attached hydrogens (tertiary/aromatic N) is 3. The summed E-state index contributed by atoms with van der Waals surface area (Å²) in [6.07, 6.45) is 3.75. The summed E-state index contributed by atoms with van der Waals surface area (Å²) in [6, 6.07) is 8.34. The fraction of sp³-hybridized carbons (Fsp3) is 0.375. The van der Waals surface area contributed by atoms with Crippen molar-refractivity contribution in [3.8, 4) is 11.3 Å². The number of aromatic nitrogens is 2. The highest BCUT2D eigenvalue weighted by atomic mass is 16.5. The van der Waals surface area contributed by atoms with Gasteiger partial charge < -0.3 is 4.74 Å². The lowest BCUT2D eigenvalue weighted by Crippen LogP contribution is -2.35. The quantitative estimate of drug-likeness (QED) is 0.857. The summed E-state index contributed by atoms with van der Waals surface area (Å²) in [5.74, 6) is 0. The Kier molecular flexibility index (Phi) is 4.04. The van der Waals surface area contributed by atoms with Crippen LogP contribution in [0.25, 0.3) is 11.3 Å². The van der Waals surface area contributed by atoms with Crippen LogP contribution in [0.1, 0.15) is 11.3 Å². The number of ether oxygens (including phenoxy) is 1. The lowest BCUT2D eigenvalue weighted by atomic mass is 10.1. The Morgan fingerprint density at radius 2 is 2.00 bits per heavy atom. The van der Waals surface area contributed by atoms with Gasteiger partial charge in [0.15, 0.2) is 0 Å². The van der Waals surface area contributed by atoms with E-state index in [2.05, 4.69) is 40.0 Å². The second-order valence-electron chi connectivity index (χ2n) is 5.15. The third-order valence-corrected chi connectivity index (χ3v) is 3.51. The van der Waals surface area contributed by atoms with Crippen LogP contribution in [0, 0.1) is 6.92 Å². The summed E-state index contributed by atoms with van der Waals surface area (Å²) in [7, 11) is 0. The molecule has 1 aliphatic heterocycles. The molecule has 0 unspecified atom stereocenters. The number of aryl methyl sites for hydroxylation is 1. The highest BCUT2D eigenvalue weighted by molar-refractivity contribution is 5.58. The molecule has 104 valence electrons. The molecule has 4 nitrogen and oxygen atoms in total. The second-order valence-corrected chi connectivity index (χ2v) is 5.15. The maximum atomic E-state index is 5.35. The van der Waals surface area contributed by atoms with Crippen molar-refractivity contribution in [2.45, 2.75) is 13.5 Å². The van der Waals surface area contributed by atoms with Crippen LogP contribution in [0.5, 0.6) is 0 Å². The second kappa shape index (κ2) is 6.11. The molecule has 0 amide bonds. The zero-order valence-corrected chi connectivity index (χ0v) is 11.7. The van der Waals surface area contributed by atoms with Gasteiger partial charge in [0.2, 0.25) is 0 Å². The lowest BCUT2D eigenvalue weighted by Gasteiger charge is -2.25. The molecule has 1 saturated heterocycles. The van der Waals surface area contributed by atoms with Crippen LogP contribution >= 0.6 is 0 Å². The molecule has 0 spiro atoms. The van der Waals surface area contributed by atoms with Gasteiger partial charge in [-0.3, -0.25) is 14.9 Å². The topological polar surface area (TPSA) is 38.2 Å². The van der Waals surface area contributed by atoms with Gasteiger partial charge in [-0.15, -0.1) is 0 Å². The Morgan fingerprint density at radius 1 is 1.15 bits per heavy atom. The van der Waals surface area contributed by atoms with Gasteiger partial charge in [-0.1, -0.05) is 23.8 Å². The molecule has 4 heteroatoms. The minimum atomic E-state index is 0.814. The average Bonchev–Trinajstić information content (AvgIpc) is 2.49. The molecule has 1 aromatic carbocycles. The van der Waals surface area contributed by atoms with E-state index in [9.17, 15) is 0 Å². The third-order valence-electron chi connectivity index (χ3n) is 3.51. The van der Waals surface area contributed by atoms with Crippen LogP contribution in [0.2, 0.25) is 0 Å². The fourth-order valence-corrected chi connectivity index (χ4v) is 2.38. The largest absolute Gasteiger partial charge is 0.379 e. The smallest absolute Gasteiger partial charge is 0.0885 e. The number of morpholine rings is 1. The summed E-state index contributed by atoms with van der Waals surface area (Å²) in [5, 5.41) is 0. The van der Waals surface area contributed by atoms with Gasteiger partial charge in [0, 0.05) is 25.2 Å². The summed E-state index contributed by atoms with van der Waals surface area (Å²) in [4.78, 5) is 11.4. The van der Waals surface area contributed by atoms with Crippen molar-refractivity contribution >= 4 is 0 Å². The Hall–Kier alpha value is -1.78. The molecule has 0 radical (unpaired) electrons. The number of hydrogen-bond acceptors (Lipinski definition) is 4. The van der Waals surface area contributed by atoms with E-state index in [4.69, 9.17) is 4.74 Å². The number of hydrogen-bond donors (Lipinski definition) is 0. The minimum absolute atomic E-state index is 0.814. The maximum Gasteiger partial charge on any atom is 0.0885 e. The molecule has 20 heavy (non-hydrogen) atoms. The molecule has 1 fully saturated rings. The van der Waals surface area contributed by atoms with Gasteiger partial charge in [0.25, 0.3) is 0 Å². The van der Waals surface area contributed by atoms with E-state index < -0.39 is 0 Å². The van der Waals surface area contributed by atoms with Gasteiger partial charge in [0.1, 0.15) is 0 Å². The van der Waals surface area contributed by atoms with Gasteiger partial charge in [-0.05, 0) is 13.0 Å². The van der Waals surface area contributed by atoms with E-state index >= 15 is 0 Å². The van der Waals surface area contributed by atoms with Crippen LogP contribution in [0.15, 0.2) is 36.7 Å². The van der Waals surface area contributed by atoms with E-state index in [-0.39, 0.29) is 0 Å². The molecule has 0 N–H and O–H groups in total. The van der Waals surface area contributed by atoms with E-state index in [0.29, 0.717) is 0 Å². The third kappa shape index (κ3) is 3.21. The first-order valence-electron chi connectivity index (χ1n) is 6.99. The first kappa shape index (κ1) is 13.2. The van der Waals surface area contributed by atoms with Crippen molar-refractivity contribution in [1.82, 2.24) is 14.9 Å². The maximum absolute atomic E-state index is 5.35. The van der Waals surface area contributed by atoms with Gasteiger partial charge >= 0.3 is 0 Å². The van der Waals surface area contributed by atoms with Gasteiger partial charge in [0.05, 0.1) is 37.0 Å². The van der Waals surface area contributed by atoms with Gasteiger partial charge in [-0.25, -0.2) is 0 Å². The Labute approximate surface area is 119 Å². The van der Waals surface area contributed by atoms with Crippen molar-refractivity contribution in [1.29, 1.82) is 0 Å². The monoisotopic (exact) mass is 269 g/mol. The Morgan fingerprint density at radius 3 is 2.70 bits per heavy atom. The van der Waals surface area contributed by atoms with E-state index in [1.54, 1.807) is 0 Å². The first-order chi connectivity index (χ1) is 9.81. The highest BCUT2D eigenvalue weighted by Crippen LogP contribution is 2.17. The standard InChI is InChI=1S/C16H19N3O/c1-13-3-2-4-14(9-13)16-11-17-15(10-18-16)12-19-5-7-20-8-6-19/h2-4,9-11H,5-8,12H2,1H3. The normalized spacial score (nSPS) is 16.2. The summed E-state index contributed by atoms with van der Waals surface area (Å²) < 4.78 is 5.35. The average molecular weight is 269 g/mol. The zero-order valence-electron chi connectivity index (χ0n) is 11.7. The summed E-state index contributed by atoms with van der Waals surface area (Å²) in [5.41, 5.74) is 4.31. The fourth-order valence-electron chi connectivity index (χ4n) is 2.38. The predicted molar refractivity (Wildman–Crippen MR) is 78.3 cm³/mol. The Balaban J connectivity index is 1.71. The number of rotatable bonds is 3. The van der Waals surface area contributed by atoms with E-state index in [0.717, 1.165) is 49.8 Å². The molecule has 2 heterocycles. The minimum Gasteiger partial charge on any atom is -0.379 e. The molecule has 0 aliphatic carbocycles. The summed E-state index contributed by atoms with van der Waals surface area (Å²) in [6.45, 7) is 6.51. The van der Waals surface area contributed by atoms with Crippen LogP contribution in [-0.4, -0.2) is 41.2 Å². The lowest BCUT2D eigenvalue weighted by molar-refractivity contribution is 0.0336. The predicted octanol–water partition coefficient (Wildman–Crippen LogP) is 2.28. The van der Waals surface area contributed by atoms with Crippen molar-refractivity contribution in [2.75, 3.05) is 26.3 Å². The molecular formula is C16H19N3O. The van der Waals surface area contributed by atoms with Crippen LogP contribution in [-0.2, 0) is 11.3 Å². The van der Waals surface area contributed by atoms with Crippen LogP contribution < -0.4 is 0 Å². The van der Waals surface area contributed by atoms with Crippen molar-refractivity contribution < 1.29 is 4.74 Å². The molecule has 0 saturated carbocycles. The SMILES string of the molecule is Cc1cccc(-c2cnc(CN3CCOCC3)cn2)c1. The van der Waals surface area contributed by atoms with Gasteiger partial charge in [-0.2, -0.15) is 0 Å². The molecule has 0 bridgehead atoms. The molecule has 0 atom stereocenters. The molecule has 1 aromatic heterocycles. The zero-order chi connectivity index (χ0) is 13.8. The molecule has 3 rings (SSSR count). The Bertz CT molecular complexity index is 562. The number of benzene rings is 1. The molecular weight excluding hydrogens is 250 g/mol. The van der Waals surface area contributed by atoms with E-state index in [1.807, 2.05) is 18.5 Å². The van der Waals surface area contributed by atoms with Crippen LogP contribution in [0.4, 0.5) is 0 Å². The van der Waals surface area contributed by atoms with Crippen LogP contribution in [0.3, 0.4) is 0 Å². The van der Waals surface area contributed by atoms with E-state index in [1.165, 1.54) is 5.56 Å². The van der Waals surface area contributed by atoms with Crippen molar-refractivity contribution in [2.24, 2.45) is 0 Å². The van der Waals surface area contributed by atoms with Crippen molar-refractivity contribution in [3.63, 3.8) is 0 Å².